The number of hydrogen-bond acceptors (Lipinski definition) is 2. The first-order chi connectivity index (χ1) is 10.2. The van der Waals surface area contributed by atoms with Crippen LogP contribution in [-0.2, 0) is 6.42 Å². The van der Waals surface area contributed by atoms with Crippen LogP contribution in [0, 0.1) is 0 Å². The van der Waals surface area contributed by atoms with Gasteiger partial charge in [0.25, 0.3) is 0 Å². The summed E-state index contributed by atoms with van der Waals surface area (Å²) in [6.45, 7) is 7.09. The molecular weight excluding hydrogens is 258 g/mol. The third kappa shape index (κ3) is 4.52. The number of hydrogen-bond donors (Lipinski definition) is 1. The topological polar surface area (TPSA) is 21.3 Å². The summed E-state index contributed by atoms with van der Waals surface area (Å²) in [7, 11) is 0. The van der Waals surface area contributed by atoms with Crippen LogP contribution in [0.25, 0.3) is 0 Å². The molecule has 0 aliphatic rings. The van der Waals surface area contributed by atoms with Gasteiger partial charge >= 0.3 is 0 Å². The molecule has 0 aliphatic carbocycles. The summed E-state index contributed by atoms with van der Waals surface area (Å²) in [4.78, 5) is 0. The lowest BCUT2D eigenvalue weighted by molar-refractivity contribution is 0.340. The van der Waals surface area contributed by atoms with Gasteiger partial charge in [0.1, 0.15) is 5.75 Å². The number of benzene rings is 2. The van der Waals surface area contributed by atoms with Crippen molar-refractivity contribution in [3.05, 3.63) is 59.7 Å². The van der Waals surface area contributed by atoms with Crippen molar-refractivity contribution in [1.29, 1.82) is 0 Å². The zero-order chi connectivity index (χ0) is 15.1. The quantitative estimate of drug-likeness (QED) is 0.753. The molecule has 0 radical (unpaired) electrons. The normalized spacial score (nSPS) is 12.0. The zero-order valence-electron chi connectivity index (χ0n) is 13.2. The largest absolute Gasteiger partial charge is 0.494 e. The Labute approximate surface area is 128 Å². The Balaban J connectivity index is 1.98. The summed E-state index contributed by atoms with van der Waals surface area (Å²) in [5.41, 5.74) is 3.82. The fourth-order valence-corrected chi connectivity index (χ4v) is 2.41. The molecule has 1 unspecified atom stereocenters. The summed E-state index contributed by atoms with van der Waals surface area (Å²) in [5, 5.41) is 3.54. The maximum atomic E-state index is 5.47. The Kier molecular flexibility index (Phi) is 5.68. The molecule has 2 aromatic rings. The number of anilines is 1. The van der Waals surface area contributed by atoms with Crippen molar-refractivity contribution in [1.82, 2.24) is 0 Å². The third-order valence-electron chi connectivity index (χ3n) is 3.57. The molecule has 0 fully saturated rings. The van der Waals surface area contributed by atoms with E-state index in [0.717, 1.165) is 17.9 Å². The van der Waals surface area contributed by atoms with Gasteiger partial charge < -0.3 is 10.1 Å². The molecule has 0 aliphatic heterocycles. The van der Waals surface area contributed by atoms with Gasteiger partial charge in [0.2, 0.25) is 0 Å². The van der Waals surface area contributed by atoms with Crippen LogP contribution in [0.5, 0.6) is 5.75 Å². The van der Waals surface area contributed by atoms with E-state index < -0.39 is 0 Å². The predicted molar refractivity (Wildman–Crippen MR) is 90.1 cm³/mol. The molecule has 0 heterocycles. The van der Waals surface area contributed by atoms with Gasteiger partial charge in [-0.05, 0) is 55.7 Å². The molecule has 0 bridgehead atoms. The standard InChI is InChI=1S/C19H25NO/c1-4-6-16-7-11-18(12-8-16)20-15(3)17-9-13-19(14-10-17)21-5-2/h7-15,20H,4-6H2,1-3H3. The van der Waals surface area contributed by atoms with Gasteiger partial charge in [-0.25, -0.2) is 0 Å². The minimum atomic E-state index is 0.276. The monoisotopic (exact) mass is 283 g/mol. The molecular formula is C19H25NO. The SMILES string of the molecule is CCCc1ccc(NC(C)c2ccc(OCC)cc2)cc1. The molecule has 2 heteroatoms. The van der Waals surface area contributed by atoms with Crippen LogP contribution in [0.3, 0.4) is 0 Å². The van der Waals surface area contributed by atoms with E-state index in [1.165, 1.54) is 17.5 Å². The van der Waals surface area contributed by atoms with Crippen molar-refractivity contribution in [3.63, 3.8) is 0 Å². The first-order valence-corrected chi connectivity index (χ1v) is 7.81. The summed E-state index contributed by atoms with van der Waals surface area (Å²) in [6, 6.07) is 17.3. The van der Waals surface area contributed by atoms with Gasteiger partial charge in [0, 0.05) is 11.7 Å². The lowest BCUT2D eigenvalue weighted by atomic mass is 10.1. The van der Waals surface area contributed by atoms with Gasteiger partial charge in [-0.15, -0.1) is 0 Å². The van der Waals surface area contributed by atoms with Crippen LogP contribution >= 0.6 is 0 Å². The lowest BCUT2D eigenvalue weighted by Gasteiger charge is -2.16. The highest BCUT2D eigenvalue weighted by atomic mass is 16.5. The molecule has 21 heavy (non-hydrogen) atoms. The fraction of sp³-hybridized carbons (Fsp3) is 0.368. The number of aryl methyl sites for hydroxylation is 1. The average molecular weight is 283 g/mol. The molecule has 0 spiro atoms. The molecule has 0 saturated carbocycles. The second-order valence-corrected chi connectivity index (χ2v) is 5.31. The predicted octanol–water partition coefficient (Wildman–Crippen LogP) is 5.21. The second-order valence-electron chi connectivity index (χ2n) is 5.31. The average Bonchev–Trinajstić information content (AvgIpc) is 2.50. The van der Waals surface area contributed by atoms with Gasteiger partial charge in [-0.1, -0.05) is 37.6 Å². The number of rotatable bonds is 7. The maximum Gasteiger partial charge on any atom is 0.119 e. The van der Waals surface area contributed by atoms with Crippen LogP contribution < -0.4 is 10.1 Å². The van der Waals surface area contributed by atoms with E-state index in [2.05, 4.69) is 55.6 Å². The first kappa shape index (κ1) is 15.4. The molecule has 2 rings (SSSR count). The van der Waals surface area contributed by atoms with Crippen molar-refractivity contribution in [3.8, 4) is 5.75 Å². The van der Waals surface area contributed by atoms with Gasteiger partial charge in [0.15, 0.2) is 0 Å². The van der Waals surface area contributed by atoms with E-state index in [9.17, 15) is 0 Å². The second kappa shape index (κ2) is 7.72. The molecule has 0 saturated heterocycles. The van der Waals surface area contributed by atoms with Crippen molar-refractivity contribution in [2.45, 2.75) is 39.7 Å². The number of ether oxygens (including phenoxy) is 1. The highest BCUT2D eigenvalue weighted by Crippen LogP contribution is 2.22. The van der Waals surface area contributed by atoms with E-state index in [0.29, 0.717) is 6.61 Å². The smallest absolute Gasteiger partial charge is 0.119 e. The summed E-state index contributed by atoms with van der Waals surface area (Å²) >= 11 is 0. The maximum absolute atomic E-state index is 5.47. The van der Waals surface area contributed by atoms with Crippen LogP contribution in [0.4, 0.5) is 5.69 Å². The van der Waals surface area contributed by atoms with Crippen LogP contribution in [0.2, 0.25) is 0 Å². The number of nitrogens with one attached hydrogen (secondary N) is 1. The van der Waals surface area contributed by atoms with E-state index in [-0.39, 0.29) is 6.04 Å². The van der Waals surface area contributed by atoms with Crippen LogP contribution in [0.1, 0.15) is 44.4 Å². The lowest BCUT2D eigenvalue weighted by Crippen LogP contribution is -2.06. The fourth-order valence-electron chi connectivity index (χ4n) is 2.41. The Hall–Kier alpha value is -1.96. The van der Waals surface area contributed by atoms with Crippen molar-refractivity contribution in [2.75, 3.05) is 11.9 Å². The van der Waals surface area contributed by atoms with E-state index in [1.807, 2.05) is 19.1 Å². The molecule has 2 aromatic carbocycles. The summed E-state index contributed by atoms with van der Waals surface area (Å²) in [6.07, 6.45) is 2.34. The zero-order valence-corrected chi connectivity index (χ0v) is 13.2. The highest BCUT2D eigenvalue weighted by Gasteiger charge is 2.05. The van der Waals surface area contributed by atoms with Crippen LogP contribution in [-0.4, -0.2) is 6.61 Å². The third-order valence-corrected chi connectivity index (χ3v) is 3.57. The van der Waals surface area contributed by atoms with Gasteiger partial charge in [0.05, 0.1) is 6.61 Å². The summed E-state index contributed by atoms with van der Waals surface area (Å²) < 4.78 is 5.47. The Morgan fingerprint density at radius 3 is 2.19 bits per heavy atom. The Morgan fingerprint density at radius 1 is 0.952 bits per heavy atom. The molecule has 1 N–H and O–H groups in total. The van der Waals surface area contributed by atoms with Crippen molar-refractivity contribution in [2.24, 2.45) is 0 Å². The van der Waals surface area contributed by atoms with Gasteiger partial charge in [-0.2, -0.15) is 0 Å². The Bertz CT molecular complexity index is 530. The highest BCUT2D eigenvalue weighted by molar-refractivity contribution is 5.47. The molecule has 0 aromatic heterocycles. The molecule has 2 nitrogen and oxygen atoms in total. The van der Waals surface area contributed by atoms with E-state index in [4.69, 9.17) is 4.74 Å². The van der Waals surface area contributed by atoms with Crippen LogP contribution in [0.15, 0.2) is 48.5 Å². The van der Waals surface area contributed by atoms with Gasteiger partial charge in [-0.3, -0.25) is 0 Å². The molecule has 1 atom stereocenters. The minimum Gasteiger partial charge on any atom is -0.494 e. The van der Waals surface area contributed by atoms with E-state index >= 15 is 0 Å². The van der Waals surface area contributed by atoms with Crippen molar-refractivity contribution >= 4 is 5.69 Å². The van der Waals surface area contributed by atoms with Crippen molar-refractivity contribution < 1.29 is 4.74 Å². The summed E-state index contributed by atoms with van der Waals surface area (Å²) in [5.74, 6) is 0.928. The molecule has 112 valence electrons. The van der Waals surface area contributed by atoms with E-state index in [1.54, 1.807) is 0 Å². The minimum absolute atomic E-state index is 0.276. The molecule has 0 amide bonds. The first-order valence-electron chi connectivity index (χ1n) is 7.81. The Morgan fingerprint density at radius 2 is 1.62 bits per heavy atom.